The maximum absolute atomic E-state index is 5.34. The predicted octanol–water partition coefficient (Wildman–Crippen LogP) is 2.26. The Labute approximate surface area is 150 Å². The van der Waals surface area contributed by atoms with Gasteiger partial charge in [0.1, 0.15) is 17.4 Å². The minimum Gasteiger partial charge on any atom is -0.497 e. The average Bonchev–Trinajstić information content (AvgIpc) is 2.95. The van der Waals surface area contributed by atoms with Crippen LogP contribution in [0.3, 0.4) is 0 Å². The van der Waals surface area contributed by atoms with Gasteiger partial charge < -0.3 is 14.2 Å². The zero-order valence-electron chi connectivity index (χ0n) is 15.8. The van der Waals surface area contributed by atoms with Crippen molar-refractivity contribution < 1.29 is 4.74 Å². The van der Waals surface area contributed by atoms with Crippen LogP contribution in [0.1, 0.15) is 36.0 Å². The van der Waals surface area contributed by atoms with Crippen LogP contribution in [0, 0.1) is 0 Å². The highest BCUT2D eigenvalue weighted by Gasteiger charge is 2.26. The molecule has 136 valence electrons. The molecule has 0 unspecified atom stereocenters. The molecule has 6 heteroatoms. The average molecular weight is 343 g/mol. The van der Waals surface area contributed by atoms with E-state index in [0.29, 0.717) is 5.92 Å². The van der Waals surface area contributed by atoms with Crippen molar-refractivity contribution >= 4 is 0 Å². The van der Waals surface area contributed by atoms with Crippen molar-refractivity contribution in [3.63, 3.8) is 0 Å². The Morgan fingerprint density at radius 1 is 1.28 bits per heavy atom. The first-order chi connectivity index (χ1) is 12.1. The second kappa shape index (κ2) is 7.97. The molecule has 0 radical (unpaired) electrons. The van der Waals surface area contributed by atoms with E-state index in [9.17, 15) is 0 Å². The van der Waals surface area contributed by atoms with Crippen molar-refractivity contribution in [1.29, 1.82) is 0 Å². The van der Waals surface area contributed by atoms with E-state index in [0.717, 1.165) is 43.6 Å². The Morgan fingerprint density at radius 3 is 2.88 bits per heavy atom. The third kappa shape index (κ3) is 4.38. The van der Waals surface area contributed by atoms with E-state index in [2.05, 4.69) is 63.9 Å². The molecule has 1 atom stereocenters. The summed E-state index contributed by atoms with van der Waals surface area (Å²) in [6, 6.07) is 8.35. The normalized spacial score (nSPS) is 18.7. The summed E-state index contributed by atoms with van der Waals surface area (Å²) in [4.78, 5) is 4.65. The van der Waals surface area contributed by atoms with Crippen LogP contribution < -0.4 is 4.74 Å². The van der Waals surface area contributed by atoms with Crippen LogP contribution in [-0.4, -0.2) is 58.9 Å². The fourth-order valence-electron chi connectivity index (χ4n) is 3.59. The van der Waals surface area contributed by atoms with Crippen molar-refractivity contribution in [2.45, 2.75) is 31.8 Å². The first-order valence-corrected chi connectivity index (χ1v) is 8.95. The molecule has 1 aliphatic rings. The van der Waals surface area contributed by atoms with Gasteiger partial charge in [-0.05, 0) is 51.2 Å². The maximum Gasteiger partial charge on any atom is 0.146 e. The number of likely N-dealkylation sites (tertiary alicyclic amines) is 1. The minimum absolute atomic E-state index is 0.452. The van der Waals surface area contributed by atoms with E-state index in [1.54, 1.807) is 7.11 Å². The molecule has 2 aromatic rings. The van der Waals surface area contributed by atoms with Crippen LogP contribution in [0.15, 0.2) is 24.3 Å². The lowest BCUT2D eigenvalue weighted by atomic mass is 9.96. The lowest BCUT2D eigenvalue weighted by Gasteiger charge is -2.32. The van der Waals surface area contributed by atoms with Gasteiger partial charge in [-0.25, -0.2) is 0 Å². The zero-order chi connectivity index (χ0) is 17.8. The Kier molecular flexibility index (Phi) is 5.71. The highest BCUT2D eigenvalue weighted by Crippen LogP contribution is 2.27. The molecule has 1 fully saturated rings. The van der Waals surface area contributed by atoms with Crippen LogP contribution in [0.25, 0.3) is 0 Å². The number of ether oxygens (including phenoxy) is 1. The third-order valence-corrected chi connectivity index (χ3v) is 4.87. The molecular formula is C19H29N5O. The number of hydrogen-bond donors (Lipinski definition) is 0. The summed E-state index contributed by atoms with van der Waals surface area (Å²) in [6.45, 7) is 3.95. The second-order valence-corrected chi connectivity index (χ2v) is 7.20. The van der Waals surface area contributed by atoms with Gasteiger partial charge in [0.2, 0.25) is 0 Å². The molecule has 2 heterocycles. The number of nitrogens with zero attached hydrogens (tertiary/aromatic N) is 5. The van der Waals surface area contributed by atoms with Gasteiger partial charge in [0, 0.05) is 26.1 Å². The van der Waals surface area contributed by atoms with Gasteiger partial charge in [-0.1, -0.05) is 12.1 Å². The van der Waals surface area contributed by atoms with Gasteiger partial charge in [0.15, 0.2) is 0 Å². The predicted molar refractivity (Wildman–Crippen MR) is 98.6 cm³/mol. The number of piperidine rings is 1. The fraction of sp³-hybridized carbons (Fsp3) is 0.579. The van der Waals surface area contributed by atoms with Gasteiger partial charge >= 0.3 is 0 Å². The molecule has 6 nitrogen and oxygen atoms in total. The van der Waals surface area contributed by atoms with E-state index < -0.39 is 0 Å². The molecule has 3 rings (SSSR count). The molecule has 0 N–H and O–H groups in total. The van der Waals surface area contributed by atoms with Crippen LogP contribution in [-0.2, 0) is 20.1 Å². The molecule has 1 saturated heterocycles. The van der Waals surface area contributed by atoms with Crippen LogP contribution in [0.5, 0.6) is 5.75 Å². The summed E-state index contributed by atoms with van der Waals surface area (Å²) < 4.78 is 7.52. The number of benzene rings is 1. The van der Waals surface area contributed by atoms with E-state index in [1.807, 2.05) is 6.07 Å². The van der Waals surface area contributed by atoms with Crippen molar-refractivity contribution in [2.75, 3.05) is 34.3 Å². The van der Waals surface area contributed by atoms with Crippen LogP contribution >= 0.6 is 0 Å². The lowest BCUT2D eigenvalue weighted by Crippen LogP contribution is -2.34. The van der Waals surface area contributed by atoms with Crippen molar-refractivity contribution in [2.24, 2.45) is 7.05 Å². The molecule has 0 amide bonds. The Balaban J connectivity index is 1.68. The summed E-state index contributed by atoms with van der Waals surface area (Å²) in [5, 5.41) is 8.90. The van der Waals surface area contributed by atoms with Crippen LogP contribution in [0.4, 0.5) is 0 Å². The van der Waals surface area contributed by atoms with E-state index in [1.165, 1.54) is 18.4 Å². The monoisotopic (exact) mass is 343 g/mol. The highest BCUT2D eigenvalue weighted by atomic mass is 16.5. The Hall–Kier alpha value is -1.92. The number of methoxy groups -OCH3 is 1. The van der Waals surface area contributed by atoms with Gasteiger partial charge in [-0.15, -0.1) is 10.2 Å². The van der Waals surface area contributed by atoms with Crippen molar-refractivity contribution in [1.82, 2.24) is 24.6 Å². The zero-order valence-corrected chi connectivity index (χ0v) is 15.8. The Morgan fingerprint density at radius 2 is 2.12 bits per heavy atom. The summed E-state index contributed by atoms with van der Waals surface area (Å²) in [5.41, 5.74) is 1.30. The SMILES string of the molecule is COc1cccc(CN2CCC[C@@H](c3nnc(CN(C)C)n3C)C2)c1. The standard InChI is InChI=1S/C19H29N5O/c1-22(2)14-18-20-21-19(23(18)3)16-8-6-10-24(13-16)12-15-7-5-9-17(11-15)25-4/h5,7,9,11,16H,6,8,10,12-14H2,1-4H3/t16-/m1/s1. The number of rotatable bonds is 6. The topological polar surface area (TPSA) is 46.4 Å². The quantitative estimate of drug-likeness (QED) is 0.805. The first-order valence-electron chi connectivity index (χ1n) is 8.95. The van der Waals surface area contributed by atoms with Gasteiger partial charge in [-0.3, -0.25) is 4.90 Å². The Bertz CT molecular complexity index is 697. The molecule has 1 aliphatic heterocycles. The first kappa shape index (κ1) is 17.9. The molecule has 0 spiro atoms. The summed E-state index contributed by atoms with van der Waals surface area (Å²) >= 11 is 0. The minimum atomic E-state index is 0.452. The molecule has 1 aromatic heterocycles. The highest BCUT2D eigenvalue weighted by molar-refractivity contribution is 5.28. The summed E-state index contributed by atoms with van der Waals surface area (Å²) in [6.07, 6.45) is 2.38. The third-order valence-electron chi connectivity index (χ3n) is 4.87. The van der Waals surface area contributed by atoms with Crippen molar-refractivity contribution in [3.8, 4) is 5.75 Å². The van der Waals surface area contributed by atoms with E-state index in [4.69, 9.17) is 4.74 Å². The number of aromatic nitrogens is 3. The van der Waals surface area contributed by atoms with E-state index >= 15 is 0 Å². The largest absolute Gasteiger partial charge is 0.497 e. The molecular weight excluding hydrogens is 314 g/mol. The molecule has 1 aromatic carbocycles. The molecule has 0 aliphatic carbocycles. The van der Waals surface area contributed by atoms with Crippen molar-refractivity contribution in [3.05, 3.63) is 41.5 Å². The van der Waals surface area contributed by atoms with Gasteiger partial charge in [0.25, 0.3) is 0 Å². The van der Waals surface area contributed by atoms with Gasteiger partial charge in [0.05, 0.1) is 13.7 Å². The molecule has 0 saturated carbocycles. The van der Waals surface area contributed by atoms with Gasteiger partial charge in [-0.2, -0.15) is 0 Å². The summed E-state index contributed by atoms with van der Waals surface area (Å²) in [5.74, 6) is 3.53. The molecule has 0 bridgehead atoms. The lowest BCUT2D eigenvalue weighted by molar-refractivity contribution is 0.194. The number of hydrogen-bond acceptors (Lipinski definition) is 5. The smallest absolute Gasteiger partial charge is 0.146 e. The summed E-state index contributed by atoms with van der Waals surface area (Å²) in [7, 11) is 7.93. The maximum atomic E-state index is 5.34. The molecule has 25 heavy (non-hydrogen) atoms. The van der Waals surface area contributed by atoms with Crippen LogP contribution in [0.2, 0.25) is 0 Å². The second-order valence-electron chi connectivity index (χ2n) is 7.20. The fourth-order valence-corrected chi connectivity index (χ4v) is 3.59. The van der Waals surface area contributed by atoms with E-state index in [-0.39, 0.29) is 0 Å².